The molecule has 1 amide bonds. The van der Waals surface area contributed by atoms with Crippen LogP contribution in [0.4, 0.5) is 11.4 Å². The molecule has 28 heavy (non-hydrogen) atoms. The zero-order valence-electron chi connectivity index (χ0n) is 15.7. The maximum absolute atomic E-state index is 13.0. The predicted molar refractivity (Wildman–Crippen MR) is 105 cm³/mol. The molecule has 0 aliphatic carbocycles. The molecule has 9 heteroatoms. The second-order valence-electron chi connectivity index (χ2n) is 6.27. The number of carboxylic acids is 1. The molecule has 0 atom stereocenters. The molecular formula is C19H22N2O6S. The number of hydrogen-bond donors (Lipinski definition) is 2. The van der Waals surface area contributed by atoms with Crippen molar-refractivity contribution in [3.05, 3.63) is 48.5 Å². The van der Waals surface area contributed by atoms with Crippen LogP contribution in [0.15, 0.2) is 53.4 Å². The lowest BCUT2D eigenvalue weighted by molar-refractivity contribution is -0.135. The van der Waals surface area contributed by atoms with Crippen molar-refractivity contribution in [1.29, 1.82) is 0 Å². The first-order chi connectivity index (χ1) is 13.1. The third kappa shape index (κ3) is 5.46. The van der Waals surface area contributed by atoms with Crippen LogP contribution in [0.25, 0.3) is 0 Å². The molecule has 0 saturated carbocycles. The Labute approximate surface area is 163 Å². The maximum atomic E-state index is 13.0. The smallest absolute Gasteiger partial charge is 0.324 e. The molecule has 2 N–H and O–H groups in total. The number of sulfonamides is 1. The van der Waals surface area contributed by atoms with E-state index in [1.807, 2.05) is 13.8 Å². The Morgan fingerprint density at radius 3 is 2.11 bits per heavy atom. The molecule has 0 aromatic heterocycles. The molecule has 8 nitrogen and oxygen atoms in total. The van der Waals surface area contributed by atoms with Gasteiger partial charge in [0.25, 0.3) is 10.0 Å². The molecule has 0 saturated heterocycles. The summed E-state index contributed by atoms with van der Waals surface area (Å²) in [5, 5.41) is 11.7. The summed E-state index contributed by atoms with van der Waals surface area (Å²) in [5.74, 6) is -1.03. The largest absolute Gasteiger partial charge is 0.491 e. The van der Waals surface area contributed by atoms with E-state index in [0.29, 0.717) is 11.4 Å². The van der Waals surface area contributed by atoms with Crippen LogP contribution in [-0.4, -0.2) is 38.0 Å². The Morgan fingerprint density at radius 2 is 1.64 bits per heavy atom. The molecule has 2 rings (SSSR count). The van der Waals surface area contributed by atoms with E-state index in [1.165, 1.54) is 43.3 Å². The third-order valence-electron chi connectivity index (χ3n) is 3.54. The average molecular weight is 406 g/mol. The van der Waals surface area contributed by atoms with Gasteiger partial charge in [0.05, 0.1) is 16.7 Å². The molecule has 0 unspecified atom stereocenters. The zero-order chi connectivity index (χ0) is 20.9. The second-order valence-corrected chi connectivity index (χ2v) is 8.13. The number of hydrogen-bond acceptors (Lipinski definition) is 5. The minimum atomic E-state index is -4.13. The number of carbonyl (C=O) groups excluding carboxylic acids is 1. The highest BCUT2D eigenvalue weighted by atomic mass is 32.2. The first-order valence-electron chi connectivity index (χ1n) is 8.48. The van der Waals surface area contributed by atoms with Crippen LogP contribution in [0.1, 0.15) is 20.8 Å². The summed E-state index contributed by atoms with van der Waals surface area (Å²) < 4.78 is 32.4. The Balaban J connectivity index is 2.37. The molecule has 0 bridgehead atoms. The number of carboxylic acid groups (broad SMARTS) is 1. The monoisotopic (exact) mass is 406 g/mol. The van der Waals surface area contributed by atoms with Crippen molar-refractivity contribution in [2.45, 2.75) is 31.8 Å². The van der Waals surface area contributed by atoms with Crippen LogP contribution in [0, 0.1) is 0 Å². The van der Waals surface area contributed by atoms with Crippen LogP contribution in [0.5, 0.6) is 5.75 Å². The van der Waals surface area contributed by atoms with Crippen molar-refractivity contribution in [2.75, 3.05) is 16.2 Å². The second kappa shape index (κ2) is 8.75. The number of anilines is 2. The number of nitrogens with zero attached hydrogens (tertiary/aromatic N) is 1. The van der Waals surface area contributed by atoms with Crippen LogP contribution >= 0.6 is 0 Å². The summed E-state index contributed by atoms with van der Waals surface area (Å²) in [6, 6.07) is 11.6. The topological polar surface area (TPSA) is 113 Å². The molecule has 0 spiro atoms. The fourth-order valence-electron chi connectivity index (χ4n) is 2.44. The van der Waals surface area contributed by atoms with Crippen molar-refractivity contribution in [2.24, 2.45) is 0 Å². The summed E-state index contributed by atoms with van der Waals surface area (Å²) in [5.41, 5.74) is 0.635. The number of benzene rings is 2. The van der Waals surface area contributed by atoms with Gasteiger partial charge in [-0.3, -0.25) is 13.9 Å². The van der Waals surface area contributed by atoms with E-state index in [0.717, 1.165) is 4.31 Å². The Hall–Kier alpha value is -3.07. The lowest BCUT2D eigenvalue weighted by atomic mass is 10.3. The van der Waals surface area contributed by atoms with Gasteiger partial charge in [0.15, 0.2) is 0 Å². The quantitative estimate of drug-likeness (QED) is 0.697. The highest BCUT2D eigenvalue weighted by Gasteiger charge is 2.27. The number of aliphatic carboxylic acids is 1. The Bertz CT molecular complexity index is 937. The van der Waals surface area contributed by atoms with E-state index in [2.05, 4.69) is 5.32 Å². The standard InChI is InChI=1S/C19H22N2O6S/c1-13(2)27-17-8-6-16(7-9-17)21(12-19(23)24)28(25,26)18-10-4-15(5-11-18)20-14(3)22/h4-11,13H,12H2,1-3H3,(H,20,22)(H,23,24). The van der Waals surface area contributed by atoms with Gasteiger partial charge in [-0.2, -0.15) is 0 Å². The van der Waals surface area contributed by atoms with E-state index in [-0.39, 0.29) is 22.6 Å². The van der Waals surface area contributed by atoms with Gasteiger partial charge >= 0.3 is 5.97 Å². The Morgan fingerprint density at radius 1 is 1.07 bits per heavy atom. The van der Waals surface area contributed by atoms with E-state index < -0.39 is 22.5 Å². The van der Waals surface area contributed by atoms with E-state index >= 15 is 0 Å². The van der Waals surface area contributed by atoms with Gasteiger partial charge in [-0.05, 0) is 62.4 Å². The van der Waals surface area contributed by atoms with Gasteiger partial charge in [0.2, 0.25) is 5.91 Å². The molecular weight excluding hydrogens is 384 g/mol. The number of rotatable bonds is 8. The summed E-state index contributed by atoms with van der Waals surface area (Å²) in [4.78, 5) is 22.3. The van der Waals surface area contributed by atoms with Gasteiger partial charge in [-0.1, -0.05) is 0 Å². The highest BCUT2D eigenvalue weighted by molar-refractivity contribution is 7.92. The molecule has 0 aliphatic heterocycles. The number of amides is 1. The number of ether oxygens (including phenoxy) is 1. The van der Waals surface area contributed by atoms with Crippen molar-refractivity contribution in [3.63, 3.8) is 0 Å². The predicted octanol–water partition coefficient (Wildman–Crippen LogP) is 2.71. The van der Waals surface area contributed by atoms with Gasteiger partial charge in [-0.25, -0.2) is 8.42 Å². The van der Waals surface area contributed by atoms with Gasteiger partial charge < -0.3 is 15.2 Å². The van der Waals surface area contributed by atoms with E-state index in [1.54, 1.807) is 12.1 Å². The third-order valence-corrected chi connectivity index (χ3v) is 5.33. The normalized spacial score (nSPS) is 11.1. The summed E-state index contributed by atoms with van der Waals surface area (Å²) in [7, 11) is -4.13. The Kier molecular flexibility index (Phi) is 6.63. The number of carbonyl (C=O) groups is 2. The minimum absolute atomic E-state index is 0.0492. The molecule has 0 radical (unpaired) electrons. The highest BCUT2D eigenvalue weighted by Crippen LogP contribution is 2.26. The molecule has 2 aromatic carbocycles. The molecule has 0 fully saturated rings. The number of nitrogens with one attached hydrogen (secondary N) is 1. The first-order valence-corrected chi connectivity index (χ1v) is 9.92. The fourth-order valence-corrected chi connectivity index (χ4v) is 3.86. The SMILES string of the molecule is CC(=O)Nc1ccc(S(=O)(=O)N(CC(=O)O)c2ccc(OC(C)C)cc2)cc1. The van der Waals surface area contributed by atoms with E-state index in [4.69, 9.17) is 4.74 Å². The van der Waals surface area contributed by atoms with Gasteiger partial charge in [0, 0.05) is 12.6 Å². The zero-order valence-corrected chi connectivity index (χ0v) is 16.6. The van der Waals surface area contributed by atoms with E-state index in [9.17, 15) is 23.1 Å². The van der Waals surface area contributed by atoms with Crippen LogP contribution in [-0.2, 0) is 19.6 Å². The molecule has 2 aromatic rings. The van der Waals surface area contributed by atoms with Crippen LogP contribution in [0.2, 0.25) is 0 Å². The van der Waals surface area contributed by atoms with Crippen molar-refractivity contribution >= 4 is 33.3 Å². The van der Waals surface area contributed by atoms with Crippen molar-refractivity contribution in [1.82, 2.24) is 0 Å². The fraction of sp³-hybridized carbons (Fsp3) is 0.263. The summed E-state index contributed by atoms with van der Waals surface area (Å²) in [6.07, 6.45) is -0.0492. The first kappa shape index (κ1) is 21.2. The summed E-state index contributed by atoms with van der Waals surface area (Å²) in [6.45, 7) is 4.32. The van der Waals surface area contributed by atoms with Crippen LogP contribution in [0.3, 0.4) is 0 Å². The lowest BCUT2D eigenvalue weighted by Crippen LogP contribution is -2.35. The van der Waals surface area contributed by atoms with Gasteiger partial charge in [0.1, 0.15) is 12.3 Å². The lowest BCUT2D eigenvalue weighted by Gasteiger charge is -2.23. The maximum Gasteiger partial charge on any atom is 0.324 e. The van der Waals surface area contributed by atoms with Gasteiger partial charge in [-0.15, -0.1) is 0 Å². The average Bonchev–Trinajstić information content (AvgIpc) is 2.60. The molecule has 0 heterocycles. The molecule has 150 valence electrons. The summed E-state index contributed by atoms with van der Waals surface area (Å²) >= 11 is 0. The molecule has 0 aliphatic rings. The minimum Gasteiger partial charge on any atom is -0.491 e. The van der Waals surface area contributed by atoms with Crippen molar-refractivity contribution in [3.8, 4) is 5.75 Å². The van der Waals surface area contributed by atoms with Crippen molar-refractivity contribution < 1.29 is 27.9 Å². The van der Waals surface area contributed by atoms with Crippen LogP contribution < -0.4 is 14.4 Å².